The summed E-state index contributed by atoms with van der Waals surface area (Å²) in [6.45, 7) is 4.06. The van der Waals surface area contributed by atoms with Gasteiger partial charge in [-0.05, 0) is 42.7 Å². The molecule has 0 aliphatic heterocycles. The second-order valence-corrected chi connectivity index (χ2v) is 5.07. The number of carbonyl (C=O) groups is 1. The van der Waals surface area contributed by atoms with E-state index in [9.17, 15) is 4.79 Å². The predicted molar refractivity (Wildman–Crippen MR) is 83.5 cm³/mol. The Balaban J connectivity index is 2.32. The van der Waals surface area contributed by atoms with Gasteiger partial charge in [0.05, 0.1) is 14.2 Å². The molecule has 0 heterocycles. The van der Waals surface area contributed by atoms with Crippen LogP contribution < -0.4 is 9.47 Å². The smallest absolute Gasteiger partial charge is 0.167 e. The fraction of sp³-hybridized carbons (Fsp3) is 0.278. The minimum Gasteiger partial charge on any atom is -0.497 e. The van der Waals surface area contributed by atoms with Gasteiger partial charge in [-0.15, -0.1) is 0 Å². The van der Waals surface area contributed by atoms with Gasteiger partial charge in [-0.2, -0.15) is 0 Å². The van der Waals surface area contributed by atoms with Crippen molar-refractivity contribution in [3.63, 3.8) is 0 Å². The molecule has 2 aromatic carbocycles. The first kappa shape index (κ1) is 15.1. The van der Waals surface area contributed by atoms with Crippen LogP contribution in [0.4, 0.5) is 0 Å². The quantitative estimate of drug-likeness (QED) is 0.784. The number of ketones is 1. The van der Waals surface area contributed by atoms with Crippen molar-refractivity contribution in [3.05, 3.63) is 58.7 Å². The van der Waals surface area contributed by atoms with E-state index in [1.807, 2.05) is 32.0 Å². The van der Waals surface area contributed by atoms with Crippen LogP contribution in [0, 0.1) is 13.8 Å². The molecule has 2 rings (SSSR count). The van der Waals surface area contributed by atoms with Gasteiger partial charge < -0.3 is 9.47 Å². The molecule has 0 saturated carbocycles. The molecule has 110 valence electrons. The Labute approximate surface area is 125 Å². The number of methoxy groups -OCH3 is 2. The minimum absolute atomic E-state index is 0.0598. The summed E-state index contributed by atoms with van der Waals surface area (Å²) in [5, 5.41) is 0. The van der Waals surface area contributed by atoms with Crippen molar-refractivity contribution in [2.45, 2.75) is 20.3 Å². The summed E-state index contributed by atoms with van der Waals surface area (Å²) in [6, 6.07) is 11.3. The lowest BCUT2D eigenvalue weighted by atomic mass is 9.95. The number of hydrogen-bond acceptors (Lipinski definition) is 3. The van der Waals surface area contributed by atoms with E-state index < -0.39 is 0 Å². The van der Waals surface area contributed by atoms with E-state index in [2.05, 4.69) is 0 Å². The van der Waals surface area contributed by atoms with E-state index in [0.29, 0.717) is 23.5 Å². The normalized spacial score (nSPS) is 10.3. The second kappa shape index (κ2) is 6.44. The number of benzene rings is 2. The van der Waals surface area contributed by atoms with Crippen LogP contribution >= 0.6 is 0 Å². The first-order valence-electron chi connectivity index (χ1n) is 6.86. The third kappa shape index (κ3) is 3.43. The summed E-state index contributed by atoms with van der Waals surface area (Å²) >= 11 is 0. The maximum Gasteiger partial charge on any atom is 0.167 e. The van der Waals surface area contributed by atoms with Crippen LogP contribution in [0.25, 0.3) is 0 Å². The number of Topliss-reactive ketones (excluding diaryl/α,β-unsaturated/α-hetero) is 1. The van der Waals surface area contributed by atoms with Crippen molar-refractivity contribution in [2.24, 2.45) is 0 Å². The van der Waals surface area contributed by atoms with Crippen molar-refractivity contribution >= 4 is 5.78 Å². The first-order valence-corrected chi connectivity index (χ1v) is 6.86. The van der Waals surface area contributed by atoms with Crippen LogP contribution in [0.2, 0.25) is 0 Å². The van der Waals surface area contributed by atoms with Crippen molar-refractivity contribution in [3.8, 4) is 11.5 Å². The Kier molecular flexibility index (Phi) is 4.63. The van der Waals surface area contributed by atoms with Gasteiger partial charge in [0.2, 0.25) is 0 Å². The summed E-state index contributed by atoms with van der Waals surface area (Å²) in [5.41, 5.74) is 3.97. The summed E-state index contributed by atoms with van der Waals surface area (Å²) in [6.07, 6.45) is 0.384. The van der Waals surface area contributed by atoms with Crippen molar-refractivity contribution < 1.29 is 14.3 Å². The lowest BCUT2D eigenvalue weighted by molar-refractivity contribution is 0.0992. The molecule has 2 aromatic rings. The molecule has 0 saturated heterocycles. The van der Waals surface area contributed by atoms with Crippen LogP contribution in [-0.4, -0.2) is 20.0 Å². The van der Waals surface area contributed by atoms with E-state index in [1.54, 1.807) is 32.4 Å². The summed E-state index contributed by atoms with van der Waals surface area (Å²) in [4.78, 5) is 12.5. The molecule has 0 atom stereocenters. The maximum atomic E-state index is 12.5. The van der Waals surface area contributed by atoms with Gasteiger partial charge in [0.15, 0.2) is 5.78 Å². The molecular weight excluding hydrogens is 264 g/mol. The molecule has 0 N–H and O–H groups in total. The molecule has 0 radical (unpaired) electrons. The van der Waals surface area contributed by atoms with Gasteiger partial charge in [-0.1, -0.05) is 18.2 Å². The van der Waals surface area contributed by atoms with Gasteiger partial charge >= 0.3 is 0 Å². The maximum absolute atomic E-state index is 12.5. The Morgan fingerprint density at radius 3 is 1.95 bits per heavy atom. The summed E-state index contributed by atoms with van der Waals surface area (Å²) < 4.78 is 10.4. The van der Waals surface area contributed by atoms with Crippen LogP contribution in [0.1, 0.15) is 27.0 Å². The second-order valence-electron chi connectivity index (χ2n) is 5.07. The summed E-state index contributed by atoms with van der Waals surface area (Å²) in [5.74, 6) is 1.31. The number of ether oxygens (including phenoxy) is 2. The van der Waals surface area contributed by atoms with Crippen LogP contribution in [0.15, 0.2) is 36.4 Å². The number of hydrogen-bond donors (Lipinski definition) is 0. The van der Waals surface area contributed by atoms with Gasteiger partial charge in [-0.25, -0.2) is 0 Å². The van der Waals surface area contributed by atoms with E-state index in [1.165, 1.54) is 0 Å². The third-order valence-electron chi connectivity index (χ3n) is 3.66. The molecule has 0 unspecified atom stereocenters. The average molecular weight is 284 g/mol. The number of carbonyl (C=O) groups excluding carboxylic acids is 1. The van der Waals surface area contributed by atoms with E-state index >= 15 is 0 Å². The minimum atomic E-state index is 0.0598. The highest BCUT2D eigenvalue weighted by atomic mass is 16.5. The highest BCUT2D eigenvalue weighted by molar-refractivity contribution is 5.98. The zero-order valence-corrected chi connectivity index (χ0v) is 12.9. The van der Waals surface area contributed by atoms with Gasteiger partial charge in [-0.3, -0.25) is 4.79 Å². The Hall–Kier alpha value is -2.29. The van der Waals surface area contributed by atoms with Crippen molar-refractivity contribution in [1.82, 2.24) is 0 Å². The standard InChI is InChI=1S/C18H20O3/c1-12-6-5-7-13(2)17(12)11-18(19)14-8-15(20-3)10-16(9-14)21-4/h5-10H,11H2,1-4H3. The van der Waals surface area contributed by atoms with E-state index in [0.717, 1.165) is 16.7 Å². The summed E-state index contributed by atoms with van der Waals surface area (Å²) in [7, 11) is 3.16. The Morgan fingerprint density at radius 1 is 0.952 bits per heavy atom. The molecule has 0 aliphatic carbocycles. The van der Waals surface area contributed by atoms with Gasteiger partial charge in [0.1, 0.15) is 11.5 Å². The number of aryl methyl sites for hydroxylation is 2. The zero-order chi connectivity index (χ0) is 15.4. The van der Waals surface area contributed by atoms with Gasteiger partial charge in [0, 0.05) is 18.1 Å². The topological polar surface area (TPSA) is 35.5 Å². The van der Waals surface area contributed by atoms with E-state index in [4.69, 9.17) is 9.47 Å². The van der Waals surface area contributed by atoms with Crippen molar-refractivity contribution in [2.75, 3.05) is 14.2 Å². The molecular formula is C18H20O3. The van der Waals surface area contributed by atoms with Crippen LogP contribution in [0.5, 0.6) is 11.5 Å². The highest BCUT2D eigenvalue weighted by Gasteiger charge is 2.13. The zero-order valence-electron chi connectivity index (χ0n) is 12.9. The third-order valence-corrected chi connectivity index (χ3v) is 3.66. The molecule has 0 amide bonds. The molecule has 0 aromatic heterocycles. The molecule has 21 heavy (non-hydrogen) atoms. The Morgan fingerprint density at radius 2 is 1.48 bits per heavy atom. The Bertz CT molecular complexity index is 617. The fourth-order valence-corrected chi connectivity index (χ4v) is 2.36. The average Bonchev–Trinajstić information content (AvgIpc) is 2.50. The molecule has 0 bridgehead atoms. The van der Waals surface area contributed by atoms with Crippen molar-refractivity contribution in [1.29, 1.82) is 0 Å². The van der Waals surface area contributed by atoms with Gasteiger partial charge in [0.25, 0.3) is 0 Å². The lowest BCUT2D eigenvalue weighted by Gasteiger charge is -2.11. The largest absolute Gasteiger partial charge is 0.497 e. The molecule has 0 aliphatic rings. The SMILES string of the molecule is COc1cc(OC)cc(C(=O)Cc2c(C)cccc2C)c1. The molecule has 3 nitrogen and oxygen atoms in total. The highest BCUT2D eigenvalue weighted by Crippen LogP contribution is 2.24. The molecule has 0 fully saturated rings. The monoisotopic (exact) mass is 284 g/mol. The molecule has 3 heteroatoms. The fourth-order valence-electron chi connectivity index (χ4n) is 2.36. The molecule has 0 spiro atoms. The first-order chi connectivity index (χ1) is 10.0. The predicted octanol–water partition coefficient (Wildman–Crippen LogP) is 3.75. The lowest BCUT2D eigenvalue weighted by Crippen LogP contribution is -2.07. The van der Waals surface area contributed by atoms with Crippen LogP contribution in [0.3, 0.4) is 0 Å². The number of rotatable bonds is 5. The van der Waals surface area contributed by atoms with E-state index in [-0.39, 0.29) is 5.78 Å². The van der Waals surface area contributed by atoms with Crippen LogP contribution in [-0.2, 0) is 6.42 Å².